The molecule has 4 rings (SSSR count). The van der Waals surface area contributed by atoms with Gasteiger partial charge in [-0.05, 0) is 48.6 Å². The Kier molecular flexibility index (Phi) is 3.35. The number of sulfonamides is 1. The third-order valence-electron chi connectivity index (χ3n) is 4.80. The SMILES string of the molecule is CC1C2=C(CCc3ccccc32)C(=O)N1S(=O)(=O)c1ccccc1. The zero-order valence-electron chi connectivity index (χ0n) is 13.3. The van der Waals surface area contributed by atoms with E-state index in [1.807, 2.05) is 24.3 Å². The smallest absolute Gasteiger partial charge is 0.267 e. The number of hydrogen-bond donors (Lipinski definition) is 0. The van der Waals surface area contributed by atoms with Gasteiger partial charge in [0.25, 0.3) is 15.9 Å². The highest BCUT2D eigenvalue weighted by atomic mass is 32.2. The monoisotopic (exact) mass is 339 g/mol. The van der Waals surface area contributed by atoms with Crippen LogP contribution in [0.4, 0.5) is 0 Å². The van der Waals surface area contributed by atoms with Gasteiger partial charge in [-0.25, -0.2) is 12.7 Å². The van der Waals surface area contributed by atoms with Gasteiger partial charge in [0.05, 0.1) is 10.9 Å². The number of carbonyl (C=O) groups is 1. The van der Waals surface area contributed by atoms with E-state index in [0.29, 0.717) is 12.0 Å². The van der Waals surface area contributed by atoms with Crippen molar-refractivity contribution in [2.45, 2.75) is 30.7 Å². The molecule has 0 N–H and O–H groups in total. The van der Waals surface area contributed by atoms with E-state index in [0.717, 1.165) is 21.9 Å². The molecule has 0 fully saturated rings. The van der Waals surface area contributed by atoms with E-state index in [2.05, 4.69) is 0 Å². The van der Waals surface area contributed by atoms with Crippen molar-refractivity contribution in [2.24, 2.45) is 0 Å². The van der Waals surface area contributed by atoms with E-state index in [-0.39, 0.29) is 10.8 Å². The molecule has 0 saturated heterocycles. The van der Waals surface area contributed by atoms with Gasteiger partial charge in [-0.3, -0.25) is 4.79 Å². The molecular formula is C19H17NO3S. The van der Waals surface area contributed by atoms with Crippen molar-refractivity contribution >= 4 is 21.5 Å². The highest BCUT2D eigenvalue weighted by Gasteiger charge is 2.45. The van der Waals surface area contributed by atoms with Gasteiger partial charge in [-0.2, -0.15) is 0 Å². The molecule has 1 aliphatic heterocycles. The second-order valence-corrected chi connectivity index (χ2v) is 7.96. The standard InChI is InChI=1S/C19H17NO3S/c1-13-18-16-10-6-5-7-14(16)11-12-17(18)19(21)20(13)24(22,23)15-8-3-2-4-9-15/h2-10,13H,11-12H2,1H3. The van der Waals surface area contributed by atoms with Crippen molar-refractivity contribution in [2.75, 3.05) is 0 Å². The molecule has 0 spiro atoms. The summed E-state index contributed by atoms with van der Waals surface area (Å²) in [6, 6.07) is 15.6. The molecule has 24 heavy (non-hydrogen) atoms. The first-order valence-corrected chi connectivity index (χ1v) is 9.41. The van der Waals surface area contributed by atoms with Crippen molar-refractivity contribution < 1.29 is 13.2 Å². The zero-order valence-corrected chi connectivity index (χ0v) is 14.1. The van der Waals surface area contributed by atoms with Crippen LogP contribution in [0.25, 0.3) is 5.57 Å². The van der Waals surface area contributed by atoms with Crippen LogP contribution in [0.3, 0.4) is 0 Å². The summed E-state index contributed by atoms with van der Waals surface area (Å²) in [5.41, 5.74) is 3.68. The maximum Gasteiger partial charge on any atom is 0.267 e. The van der Waals surface area contributed by atoms with Crippen molar-refractivity contribution in [3.05, 3.63) is 71.3 Å². The fourth-order valence-corrected chi connectivity index (χ4v) is 5.29. The van der Waals surface area contributed by atoms with E-state index < -0.39 is 16.1 Å². The largest absolute Gasteiger partial charge is 0.268 e. The fourth-order valence-electron chi connectivity index (χ4n) is 3.71. The number of carbonyl (C=O) groups excluding carboxylic acids is 1. The lowest BCUT2D eigenvalue weighted by molar-refractivity contribution is -0.122. The molecule has 0 radical (unpaired) electrons. The average Bonchev–Trinajstić information content (AvgIpc) is 2.87. The average molecular weight is 339 g/mol. The number of aryl methyl sites for hydroxylation is 1. The minimum absolute atomic E-state index is 0.151. The number of hydrogen-bond acceptors (Lipinski definition) is 3. The molecule has 1 unspecified atom stereocenters. The lowest BCUT2D eigenvalue weighted by Gasteiger charge is -2.24. The molecular weight excluding hydrogens is 322 g/mol. The minimum atomic E-state index is -3.86. The lowest BCUT2D eigenvalue weighted by Crippen LogP contribution is -2.39. The van der Waals surface area contributed by atoms with Gasteiger partial charge in [-0.1, -0.05) is 42.5 Å². The molecule has 2 aliphatic rings. The van der Waals surface area contributed by atoms with Crippen LogP contribution in [0.1, 0.15) is 24.5 Å². The number of fused-ring (bicyclic) bond motifs is 2. The molecule has 2 aromatic carbocycles. The summed E-state index contributed by atoms with van der Waals surface area (Å²) in [6.07, 6.45) is 1.36. The summed E-state index contributed by atoms with van der Waals surface area (Å²) in [5.74, 6) is -0.379. The van der Waals surface area contributed by atoms with Crippen LogP contribution < -0.4 is 0 Å². The van der Waals surface area contributed by atoms with Gasteiger partial charge in [0, 0.05) is 5.57 Å². The molecule has 1 atom stereocenters. The molecule has 1 aliphatic carbocycles. The maximum atomic E-state index is 13.0. The van der Waals surface area contributed by atoms with Crippen LogP contribution in [0, 0.1) is 0 Å². The number of nitrogens with zero attached hydrogens (tertiary/aromatic N) is 1. The fraction of sp³-hybridized carbons (Fsp3) is 0.211. The first-order valence-electron chi connectivity index (χ1n) is 7.97. The quantitative estimate of drug-likeness (QED) is 0.845. The zero-order chi connectivity index (χ0) is 16.9. The van der Waals surface area contributed by atoms with Gasteiger partial charge in [0.15, 0.2) is 0 Å². The summed E-state index contributed by atoms with van der Waals surface area (Å²) < 4.78 is 27.0. The molecule has 5 heteroatoms. The van der Waals surface area contributed by atoms with E-state index in [9.17, 15) is 13.2 Å². The van der Waals surface area contributed by atoms with E-state index in [1.54, 1.807) is 25.1 Å². The summed E-state index contributed by atoms with van der Waals surface area (Å²) in [7, 11) is -3.86. The molecule has 0 aromatic heterocycles. The van der Waals surface area contributed by atoms with Crippen molar-refractivity contribution in [3.63, 3.8) is 0 Å². The molecule has 0 bridgehead atoms. The third kappa shape index (κ3) is 2.04. The highest BCUT2D eigenvalue weighted by Crippen LogP contribution is 2.42. The second kappa shape index (κ2) is 5.31. The number of amides is 1. The topological polar surface area (TPSA) is 54.5 Å². The van der Waals surface area contributed by atoms with Crippen LogP contribution in [-0.4, -0.2) is 24.7 Å². The summed E-state index contributed by atoms with van der Waals surface area (Å²) >= 11 is 0. The van der Waals surface area contributed by atoms with Crippen LogP contribution in [0.15, 0.2) is 65.1 Å². The Morgan fingerprint density at radius 2 is 1.62 bits per heavy atom. The Balaban J connectivity index is 1.83. The van der Waals surface area contributed by atoms with E-state index >= 15 is 0 Å². The van der Waals surface area contributed by atoms with Crippen LogP contribution in [0.5, 0.6) is 0 Å². The van der Waals surface area contributed by atoms with Crippen molar-refractivity contribution in [1.82, 2.24) is 4.31 Å². The number of rotatable bonds is 2. The first kappa shape index (κ1) is 15.1. The Morgan fingerprint density at radius 3 is 2.38 bits per heavy atom. The van der Waals surface area contributed by atoms with Crippen molar-refractivity contribution in [3.8, 4) is 0 Å². The predicted molar refractivity (Wildman–Crippen MR) is 91.6 cm³/mol. The van der Waals surface area contributed by atoms with Crippen molar-refractivity contribution in [1.29, 1.82) is 0 Å². The Bertz CT molecular complexity index is 961. The van der Waals surface area contributed by atoms with E-state index in [1.165, 1.54) is 17.7 Å². The third-order valence-corrected chi connectivity index (χ3v) is 6.67. The van der Waals surface area contributed by atoms with Crippen LogP contribution >= 0.6 is 0 Å². The normalized spacial score (nSPS) is 20.1. The highest BCUT2D eigenvalue weighted by molar-refractivity contribution is 7.89. The first-order chi connectivity index (χ1) is 11.5. The van der Waals surface area contributed by atoms with Crippen LogP contribution in [-0.2, 0) is 21.2 Å². The van der Waals surface area contributed by atoms with Gasteiger partial charge in [0.1, 0.15) is 0 Å². The Labute approximate surface area is 141 Å². The van der Waals surface area contributed by atoms with E-state index in [4.69, 9.17) is 0 Å². The maximum absolute atomic E-state index is 13.0. The molecule has 0 saturated carbocycles. The summed E-state index contributed by atoms with van der Waals surface area (Å²) in [4.78, 5) is 13.0. The van der Waals surface area contributed by atoms with Gasteiger partial charge in [0.2, 0.25) is 0 Å². The molecule has 1 heterocycles. The molecule has 1 amide bonds. The predicted octanol–water partition coefficient (Wildman–Crippen LogP) is 3.01. The van der Waals surface area contributed by atoms with Gasteiger partial charge in [-0.15, -0.1) is 0 Å². The number of benzene rings is 2. The summed E-state index contributed by atoms with van der Waals surface area (Å²) in [5, 5.41) is 0. The molecule has 2 aromatic rings. The Morgan fingerprint density at radius 1 is 0.958 bits per heavy atom. The minimum Gasteiger partial charge on any atom is -0.268 e. The van der Waals surface area contributed by atoms with Crippen LogP contribution in [0.2, 0.25) is 0 Å². The van der Waals surface area contributed by atoms with Gasteiger partial charge < -0.3 is 0 Å². The molecule has 4 nitrogen and oxygen atoms in total. The van der Waals surface area contributed by atoms with Gasteiger partial charge >= 0.3 is 0 Å². The Hall–Kier alpha value is -2.40. The second-order valence-electron chi connectivity index (χ2n) is 6.14. The molecule has 122 valence electrons. The summed E-state index contributed by atoms with van der Waals surface area (Å²) in [6.45, 7) is 1.79. The lowest BCUT2D eigenvalue weighted by atomic mass is 9.85.